The van der Waals surface area contributed by atoms with Crippen LogP contribution in [0.4, 0.5) is 0 Å². The van der Waals surface area contributed by atoms with Crippen LogP contribution >= 0.6 is 0 Å². The van der Waals surface area contributed by atoms with E-state index in [1.54, 1.807) is 21.3 Å². The monoisotopic (exact) mass is 558 g/mol. The second-order valence-electron chi connectivity index (χ2n) is 11.2. The van der Waals surface area contributed by atoms with Crippen molar-refractivity contribution in [2.45, 2.75) is 71.2 Å². The first-order valence-corrected chi connectivity index (χ1v) is 15.8. The predicted octanol–water partition coefficient (Wildman–Crippen LogP) is 7.53. The lowest BCUT2D eigenvalue weighted by Crippen LogP contribution is -2.48. The van der Waals surface area contributed by atoms with Gasteiger partial charge in [0, 0.05) is 11.5 Å². The molecule has 0 saturated carbocycles. The molecule has 7 nitrogen and oxygen atoms in total. The fourth-order valence-electron chi connectivity index (χ4n) is 6.10. The number of aliphatic hydroxyl groups is 1. The average molecular weight is 559 g/mol. The zero-order valence-corrected chi connectivity index (χ0v) is 26.2. The Morgan fingerprint density at radius 1 is 0.872 bits per heavy atom. The molecule has 0 radical (unpaired) electrons. The molecule has 0 saturated heterocycles. The van der Waals surface area contributed by atoms with Gasteiger partial charge in [-0.3, -0.25) is 0 Å². The van der Waals surface area contributed by atoms with E-state index >= 15 is 0 Å². The predicted molar refractivity (Wildman–Crippen MR) is 158 cm³/mol. The van der Waals surface area contributed by atoms with Gasteiger partial charge in [0.2, 0.25) is 20.9 Å². The van der Waals surface area contributed by atoms with E-state index in [1.807, 2.05) is 31.2 Å². The molecule has 0 bridgehead atoms. The minimum Gasteiger partial charge on any atom is -0.493 e. The van der Waals surface area contributed by atoms with Crippen molar-refractivity contribution in [1.29, 1.82) is 0 Å². The van der Waals surface area contributed by atoms with Crippen molar-refractivity contribution < 1.29 is 33.2 Å². The summed E-state index contributed by atoms with van der Waals surface area (Å²) in [6.07, 6.45) is -0.913. The van der Waals surface area contributed by atoms with Crippen molar-refractivity contribution in [3.8, 4) is 39.9 Å². The Hall–Kier alpha value is -2.68. The van der Waals surface area contributed by atoms with Gasteiger partial charge < -0.3 is 33.2 Å². The first-order chi connectivity index (χ1) is 18.4. The molecule has 2 aromatic rings. The van der Waals surface area contributed by atoms with Crippen molar-refractivity contribution >= 4 is 8.32 Å². The van der Waals surface area contributed by atoms with Gasteiger partial charge in [0.25, 0.3) is 0 Å². The number of hydrogen-bond donors (Lipinski definition) is 1. The molecule has 0 fully saturated rings. The number of aliphatic hydroxyl groups excluding tert-OH is 1. The Labute approximate surface area is 235 Å². The van der Waals surface area contributed by atoms with E-state index in [-0.39, 0.29) is 12.7 Å². The van der Waals surface area contributed by atoms with Crippen LogP contribution in [0, 0.1) is 5.92 Å². The maximum atomic E-state index is 11.8. The fraction of sp³-hybridized carbons (Fsp3) is 0.548. The van der Waals surface area contributed by atoms with E-state index in [0.717, 1.165) is 11.1 Å². The number of methoxy groups -OCH3 is 3. The van der Waals surface area contributed by atoms with Crippen LogP contribution in [0.1, 0.15) is 60.1 Å². The van der Waals surface area contributed by atoms with Crippen LogP contribution < -0.4 is 23.7 Å². The number of ether oxygens (including phenoxy) is 5. The molecule has 2 atom stereocenters. The van der Waals surface area contributed by atoms with Crippen LogP contribution in [0.2, 0.25) is 16.6 Å². The normalized spacial score (nSPS) is 14.6. The van der Waals surface area contributed by atoms with Crippen molar-refractivity contribution in [3.63, 3.8) is 0 Å². The molecule has 1 aliphatic rings. The van der Waals surface area contributed by atoms with Crippen LogP contribution in [0.25, 0.3) is 11.1 Å². The summed E-state index contributed by atoms with van der Waals surface area (Å²) in [5.41, 5.74) is 4.33. The topological polar surface area (TPSA) is 75.6 Å². The minimum absolute atomic E-state index is 0.169. The first-order valence-electron chi connectivity index (χ1n) is 13.7. The van der Waals surface area contributed by atoms with Crippen molar-refractivity contribution in [3.05, 3.63) is 42.0 Å². The van der Waals surface area contributed by atoms with E-state index in [2.05, 4.69) is 48.1 Å². The zero-order valence-electron chi connectivity index (χ0n) is 25.2. The van der Waals surface area contributed by atoms with Gasteiger partial charge in [-0.05, 0) is 51.5 Å². The Balaban J connectivity index is 2.05. The largest absolute Gasteiger partial charge is 0.493 e. The molecular weight excluding hydrogens is 512 g/mol. The van der Waals surface area contributed by atoms with E-state index in [9.17, 15) is 5.11 Å². The van der Waals surface area contributed by atoms with Crippen molar-refractivity contribution in [2.24, 2.45) is 5.92 Å². The molecule has 0 amide bonds. The standard InChI is InChI=1S/C31H46O7Si/c1-18(2)39(19(3)4,20(5)6)38-16-21(7)22(8)29(32)24-15-27(33-9)30(34-10)31(35-11)28(24)23-12-13-25-26(14-23)37-17-36-25/h12-15,18-20,22,29,32H,7,16-17H2,1-6,8-11H3/t22-,29+/m0/s1. The average Bonchev–Trinajstić information content (AvgIpc) is 3.38. The highest BCUT2D eigenvalue weighted by molar-refractivity contribution is 6.77. The van der Waals surface area contributed by atoms with E-state index in [1.165, 1.54) is 0 Å². The van der Waals surface area contributed by atoms with Gasteiger partial charge in [-0.1, -0.05) is 61.1 Å². The molecule has 1 N–H and O–H groups in total. The quantitative estimate of drug-likeness (QED) is 0.201. The highest BCUT2D eigenvalue weighted by Crippen LogP contribution is 2.51. The second kappa shape index (κ2) is 12.7. The van der Waals surface area contributed by atoms with Crippen LogP contribution in [0.5, 0.6) is 28.7 Å². The minimum atomic E-state index is -2.09. The molecule has 0 aromatic heterocycles. The Morgan fingerprint density at radius 2 is 1.46 bits per heavy atom. The SMILES string of the molecule is C=C(CO[Si](C(C)C)(C(C)C)C(C)C)[C@H](C)[C@@H](O)c1cc(OC)c(OC)c(OC)c1-c1ccc2c(c1)OCO2. The summed E-state index contributed by atoms with van der Waals surface area (Å²) >= 11 is 0. The van der Waals surface area contributed by atoms with Crippen molar-refractivity contribution in [1.82, 2.24) is 0 Å². The van der Waals surface area contributed by atoms with E-state index in [4.69, 9.17) is 28.1 Å². The van der Waals surface area contributed by atoms with Gasteiger partial charge >= 0.3 is 0 Å². The van der Waals surface area contributed by atoms with E-state index in [0.29, 0.717) is 63.1 Å². The molecular formula is C31H46O7Si. The highest BCUT2D eigenvalue weighted by atomic mass is 28.4. The summed E-state index contributed by atoms with van der Waals surface area (Å²) < 4.78 is 35.1. The lowest BCUT2D eigenvalue weighted by Gasteiger charge is -2.42. The summed E-state index contributed by atoms with van der Waals surface area (Å²) in [6.45, 7) is 20.5. The van der Waals surface area contributed by atoms with Gasteiger partial charge in [-0.25, -0.2) is 0 Å². The Bertz CT molecular complexity index is 1140. The molecule has 39 heavy (non-hydrogen) atoms. The second-order valence-corrected chi connectivity index (χ2v) is 16.6. The van der Waals surface area contributed by atoms with Gasteiger partial charge in [0.15, 0.2) is 23.0 Å². The molecule has 0 spiro atoms. The molecule has 8 heteroatoms. The maximum absolute atomic E-state index is 11.8. The van der Waals surface area contributed by atoms with Crippen LogP contribution in [0.15, 0.2) is 36.4 Å². The highest BCUT2D eigenvalue weighted by Gasteiger charge is 2.45. The van der Waals surface area contributed by atoms with Crippen molar-refractivity contribution in [2.75, 3.05) is 34.7 Å². The third kappa shape index (κ3) is 5.79. The number of fused-ring (bicyclic) bond motifs is 1. The summed E-state index contributed by atoms with van der Waals surface area (Å²) in [4.78, 5) is 0. The Kier molecular flexibility index (Phi) is 10.0. The number of rotatable bonds is 13. The molecule has 216 valence electrons. The Morgan fingerprint density at radius 3 is 2.00 bits per heavy atom. The fourth-order valence-corrected chi connectivity index (χ4v) is 11.5. The zero-order chi connectivity index (χ0) is 29.1. The smallest absolute Gasteiger partial charge is 0.231 e. The lowest BCUT2D eigenvalue weighted by molar-refractivity contribution is 0.127. The summed E-state index contributed by atoms with van der Waals surface area (Å²) in [6, 6.07) is 7.48. The van der Waals surface area contributed by atoms with Gasteiger partial charge in [-0.15, -0.1) is 0 Å². The molecule has 0 unspecified atom stereocenters. The van der Waals surface area contributed by atoms with Crippen LogP contribution in [0.3, 0.4) is 0 Å². The molecule has 1 heterocycles. The third-order valence-corrected chi connectivity index (χ3v) is 14.2. The molecule has 3 rings (SSSR count). The maximum Gasteiger partial charge on any atom is 0.231 e. The van der Waals surface area contributed by atoms with Crippen LogP contribution in [-0.4, -0.2) is 48.2 Å². The molecule has 0 aliphatic carbocycles. The summed E-state index contributed by atoms with van der Waals surface area (Å²) in [5.74, 6) is 2.37. The number of hydrogen-bond acceptors (Lipinski definition) is 7. The van der Waals surface area contributed by atoms with Crippen LogP contribution in [-0.2, 0) is 4.43 Å². The van der Waals surface area contributed by atoms with E-state index < -0.39 is 14.4 Å². The first kappa shape index (κ1) is 30.9. The van der Waals surface area contributed by atoms with Gasteiger partial charge in [0.05, 0.1) is 34.0 Å². The lowest BCUT2D eigenvalue weighted by atomic mass is 9.86. The van der Waals surface area contributed by atoms with Gasteiger partial charge in [0.1, 0.15) is 0 Å². The number of benzene rings is 2. The summed E-state index contributed by atoms with van der Waals surface area (Å²) in [7, 11) is 2.62. The third-order valence-electron chi connectivity index (χ3n) is 8.17. The summed E-state index contributed by atoms with van der Waals surface area (Å²) in [5, 5.41) is 11.8. The van der Waals surface area contributed by atoms with Gasteiger partial charge in [-0.2, -0.15) is 0 Å². The molecule has 2 aromatic carbocycles. The molecule has 1 aliphatic heterocycles.